The van der Waals surface area contributed by atoms with E-state index in [0.717, 1.165) is 30.4 Å². The van der Waals surface area contributed by atoms with E-state index in [1.165, 1.54) is 11.1 Å². The van der Waals surface area contributed by atoms with Crippen LogP contribution >= 0.6 is 15.9 Å². The van der Waals surface area contributed by atoms with Gasteiger partial charge in [0, 0.05) is 23.6 Å². The number of rotatable bonds is 3. The Morgan fingerprint density at radius 3 is 2.84 bits per heavy atom. The standard InChI is InChI=1S/C20H20BrN3O/c21-15-5-6-19(14(9-15)11-22)25-20-17-4-2-1-3-13(17)10-18(20)24-8-7-16(23)12-24/h1-6,9,16,18,20H,7-8,10,12,23H2/t16-,18+,20+/m0/s1. The van der Waals surface area contributed by atoms with Gasteiger partial charge in [0.15, 0.2) is 0 Å². The fourth-order valence-corrected chi connectivity index (χ4v) is 4.31. The second kappa shape index (κ2) is 6.80. The summed E-state index contributed by atoms with van der Waals surface area (Å²) in [7, 11) is 0. The maximum Gasteiger partial charge on any atom is 0.140 e. The van der Waals surface area contributed by atoms with Crippen LogP contribution < -0.4 is 10.5 Å². The van der Waals surface area contributed by atoms with Gasteiger partial charge < -0.3 is 10.5 Å². The predicted molar refractivity (Wildman–Crippen MR) is 100 cm³/mol. The number of nitrogens with zero attached hydrogens (tertiary/aromatic N) is 2. The number of halogens is 1. The van der Waals surface area contributed by atoms with E-state index >= 15 is 0 Å². The molecule has 0 aromatic heterocycles. The molecule has 0 spiro atoms. The van der Waals surface area contributed by atoms with Crippen molar-refractivity contribution in [2.24, 2.45) is 5.73 Å². The lowest BCUT2D eigenvalue weighted by molar-refractivity contribution is 0.0930. The summed E-state index contributed by atoms with van der Waals surface area (Å²) in [6, 6.07) is 16.8. The van der Waals surface area contributed by atoms with Crippen molar-refractivity contribution in [2.45, 2.75) is 31.0 Å². The van der Waals surface area contributed by atoms with Gasteiger partial charge in [-0.05, 0) is 42.2 Å². The van der Waals surface area contributed by atoms with E-state index in [1.54, 1.807) is 6.07 Å². The normalized spacial score (nSPS) is 25.6. The lowest BCUT2D eigenvalue weighted by Crippen LogP contribution is -2.40. The van der Waals surface area contributed by atoms with Gasteiger partial charge in [-0.2, -0.15) is 5.26 Å². The van der Waals surface area contributed by atoms with Crippen molar-refractivity contribution in [3.05, 3.63) is 63.6 Å². The quantitative estimate of drug-likeness (QED) is 0.861. The highest BCUT2D eigenvalue weighted by molar-refractivity contribution is 9.10. The van der Waals surface area contributed by atoms with E-state index in [9.17, 15) is 5.26 Å². The van der Waals surface area contributed by atoms with Gasteiger partial charge in [-0.1, -0.05) is 40.2 Å². The molecule has 1 heterocycles. The highest BCUT2D eigenvalue weighted by Crippen LogP contribution is 2.40. The van der Waals surface area contributed by atoms with E-state index in [2.05, 4.69) is 51.2 Å². The molecule has 2 N–H and O–H groups in total. The van der Waals surface area contributed by atoms with Crippen LogP contribution in [0.25, 0.3) is 0 Å². The van der Waals surface area contributed by atoms with Crippen LogP contribution in [0.4, 0.5) is 0 Å². The Hall–Kier alpha value is -1.87. The van der Waals surface area contributed by atoms with Gasteiger partial charge in [0.2, 0.25) is 0 Å². The number of ether oxygens (including phenoxy) is 1. The minimum absolute atomic E-state index is 0.0743. The first-order chi connectivity index (χ1) is 12.2. The van der Waals surface area contributed by atoms with Gasteiger partial charge in [0.05, 0.1) is 11.6 Å². The van der Waals surface area contributed by atoms with E-state index in [0.29, 0.717) is 11.3 Å². The molecule has 2 aromatic carbocycles. The van der Waals surface area contributed by atoms with Crippen LogP contribution in [0.5, 0.6) is 5.75 Å². The molecule has 4 rings (SSSR count). The molecule has 0 amide bonds. The van der Waals surface area contributed by atoms with Crippen LogP contribution in [0.15, 0.2) is 46.9 Å². The molecular formula is C20H20BrN3O. The Kier molecular flexibility index (Phi) is 4.51. The molecule has 25 heavy (non-hydrogen) atoms. The summed E-state index contributed by atoms with van der Waals surface area (Å²) in [6.45, 7) is 1.91. The van der Waals surface area contributed by atoms with Crippen molar-refractivity contribution < 1.29 is 4.74 Å². The molecule has 2 aromatic rings. The second-order valence-corrected chi connectivity index (χ2v) is 7.72. The first kappa shape index (κ1) is 16.6. The molecule has 5 heteroatoms. The van der Waals surface area contributed by atoms with Crippen LogP contribution in [0.3, 0.4) is 0 Å². The van der Waals surface area contributed by atoms with Crippen LogP contribution in [0, 0.1) is 11.3 Å². The van der Waals surface area contributed by atoms with Crippen molar-refractivity contribution in [2.75, 3.05) is 13.1 Å². The molecule has 2 aliphatic rings. The number of likely N-dealkylation sites (tertiary alicyclic amines) is 1. The number of hydrogen-bond donors (Lipinski definition) is 1. The zero-order valence-corrected chi connectivity index (χ0v) is 15.4. The molecule has 1 aliphatic carbocycles. The molecule has 1 fully saturated rings. The lowest BCUT2D eigenvalue weighted by atomic mass is 10.1. The van der Waals surface area contributed by atoms with Gasteiger partial charge in [-0.25, -0.2) is 0 Å². The Balaban J connectivity index is 1.68. The van der Waals surface area contributed by atoms with Gasteiger partial charge in [-0.3, -0.25) is 4.90 Å². The van der Waals surface area contributed by atoms with Gasteiger partial charge in [0.25, 0.3) is 0 Å². The van der Waals surface area contributed by atoms with Gasteiger partial charge in [0.1, 0.15) is 17.9 Å². The summed E-state index contributed by atoms with van der Waals surface area (Å²) in [5, 5.41) is 9.45. The van der Waals surface area contributed by atoms with Gasteiger partial charge >= 0.3 is 0 Å². The minimum atomic E-state index is -0.0743. The third-order valence-corrected chi connectivity index (χ3v) is 5.67. The highest BCUT2D eigenvalue weighted by Gasteiger charge is 2.40. The number of benzene rings is 2. The fraction of sp³-hybridized carbons (Fsp3) is 0.350. The molecule has 0 radical (unpaired) electrons. The van der Waals surface area contributed by atoms with E-state index in [-0.39, 0.29) is 18.2 Å². The fourth-order valence-electron chi connectivity index (χ4n) is 3.95. The molecule has 3 atom stereocenters. The topological polar surface area (TPSA) is 62.3 Å². The van der Waals surface area contributed by atoms with Crippen molar-refractivity contribution in [3.8, 4) is 11.8 Å². The second-order valence-electron chi connectivity index (χ2n) is 6.80. The van der Waals surface area contributed by atoms with Crippen LogP contribution in [-0.4, -0.2) is 30.1 Å². The summed E-state index contributed by atoms with van der Waals surface area (Å²) in [6.07, 6.45) is 1.92. The molecule has 0 saturated carbocycles. The van der Waals surface area contributed by atoms with Crippen LogP contribution in [0.2, 0.25) is 0 Å². The Morgan fingerprint density at radius 1 is 1.24 bits per heavy atom. The average molecular weight is 398 g/mol. The van der Waals surface area contributed by atoms with Crippen molar-refractivity contribution in [3.63, 3.8) is 0 Å². The van der Waals surface area contributed by atoms with Crippen molar-refractivity contribution >= 4 is 15.9 Å². The molecular weight excluding hydrogens is 378 g/mol. The Bertz CT molecular complexity index is 832. The van der Waals surface area contributed by atoms with E-state index in [4.69, 9.17) is 10.5 Å². The van der Waals surface area contributed by atoms with E-state index < -0.39 is 0 Å². The summed E-state index contributed by atoms with van der Waals surface area (Å²) >= 11 is 3.42. The Labute approximate surface area is 156 Å². The van der Waals surface area contributed by atoms with Crippen molar-refractivity contribution in [1.29, 1.82) is 5.26 Å². The zero-order chi connectivity index (χ0) is 17.4. The first-order valence-electron chi connectivity index (χ1n) is 8.59. The molecule has 1 aliphatic heterocycles. The zero-order valence-electron chi connectivity index (χ0n) is 13.9. The predicted octanol–water partition coefficient (Wildman–Crippen LogP) is 3.40. The molecule has 0 bridgehead atoms. The Morgan fingerprint density at radius 2 is 2.08 bits per heavy atom. The first-order valence-corrected chi connectivity index (χ1v) is 9.39. The number of nitrogens with two attached hydrogens (primary N) is 1. The smallest absolute Gasteiger partial charge is 0.140 e. The maximum atomic E-state index is 9.45. The molecule has 128 valence electrons. The average Bonchev–Trinajstić information content (AvgIpc) is 3.20. The maximum absolute atomic E-state index is 9.45. The SMILES string of the molecule is N#Cc1cc(Br)ccc1O[C@@H]1c2ccccc2C[C@H]1N1CC[C@H](N)C1. The van der Waals surface area contributed by atoms with E-state index in [1.807, 2.05) is 12.1 Å². The third-order valence-electron chi connectivity index (χ3n) is 5.18. The number of nitriles is 1. The number of fused-ring (bicyclic) bond motifs is 1. The largest absolute Gasteiger partial charge is 0.483 e. The van der Waals surface area contributed by atoms with Crippen molar-refractivity contribution in [1.82, 2.24) is 4.90 Å². The third kappa shape index (κ3) is 3.18. The monoisotopic (exact) mass is 397 g/mol. The minimum Gasteiger partial charge on any atom is -0.483 e. The molecule has 4 nitrogen and oxygen atoms in total. The highest BCUT2D eigenvalue weighted by atomic mass is 79.9. The van der Waals surface area contributed by atoms with Gasteiger partial charge in [-0.15, -0.1) is 0 Å². The lowest BCUT2D eigenvalue weighted by Gasteiger charge is -2.30. The van der Waals surface area contributed by atoms with Crippen LogP contribution in [-0.2, 0) is 6.42 Å². The van der Waals surface area contributed by atoms with Crippen LogP contribution in [0.1, 0.15) is 29.2 Å². The molecule has 1 saturated heterocycles. The molecule has 0 unspecified atom stereocenters. The summed E-state index contributed by atoms with van der Waals surface area (Å²) < 4.78 is 7.29. The summed E-state index contributed by atoms with van der Waals surface area (Å²) in [4.78, 5) is 2.44. The number of hydrogen-bond acceptors (Lipinski definition) is 4. The summed E-state index contributed by atoms with van der Waals surface area (Å²) in [5.41, 5.74) is 9.23. The summed E-state index contributed by atoms with van der Waals surface area (Å²) in [5.74, 6) is 0.640.